The number of aryl methyl sites for hydroxylation is 2. The van der Waals surface area contributed by atoms with Crippen LogP contribution in [-0.2, 0) is 5.88 Å². The van der Waals surface area contributed by atoms with Crippen molar-refractivity contribution in [2.75, 3.05) is 6.61 Å². The van der Waals surface area contributed by atoms with Gasteiger partial charge in [-0.1, -0.05) is 17.7 Å². The van der Waals surface area contributed by atoms with Gasteiger partial charge in [-0.3, -0.25) is 0 Å². The van der Waals surface area contributed by atoms with Crippen molar-refractivity contribution in [2.24, 2.45) is 0 Å². The number of hydrogen-bond donors (Lipinski definition) is 0. The lowest BCUT2D eigenvalue weighted by molar-refractivity contribution is 0.335. The number of hydrogen-bond acceptors (Lipinski definition) is 1. The molecule has 1 aromatic rings. The molecule has 1 nitrogen and oxygen atoms in total. The molecule has 0 aliphatic rings. The van der Waals surface area contributed by atoms with E-state index in [4.69, 9.17) is 16.3 Å². The Kier molecular flexibility index (Phi) is 3.61. The van der Waals surface area contributed by atoms with Crippen molar-refractivity contribution >= 4 is 11.6 Å². The molecule has 72 valence electrons. The first-order chi connectivity index (χ1) is 6.19. The van der Waals surface area contributed by atoms with Gasteiger partial charge in [0.05, 0.1) is 12.5 Å². The first kappa shape index (κ1) is 10.4. The molecule has 0 spiro atoms. The fourth-order valence-electron chi connectivity index (χ4n) is 1.49. The Morgan fingerprint density at radius 2 is 2.00 bits per heavy atom. The summed E-state index contributed by atoms with van der Waals surface area (Å²) in [5.74, 6) is 1.46. The molecule has 0 heterocycles. The van der Waals surface area contributed by atoms with Gasteiger partial charge in [0.2, 0.25) is 0 Å². The lowest BCUT2D eigenvalue weighted by Gasteiger charge is -2.12. The minimum absolute atomic E-state index is 0.512. The van der Waals surface area contributed by atoms with Crippen LogP contribution >= 0.6 is 11.6 Å². The molecule has 13 heavy (non-hydrogen) atoms. The van der Waals surface area contributed by atoms with Gasteiger partial charge in [0, 0.05) is 5.56 Å². The Morgan fingerprint density at radius 1 is 1.31 bits per heavy atom. The molecule has 0 aliphatic heterocycles. The summed E-state index contributed by atoms with van der Waals surface area (Å²) >= 11 is 5.83. The van der Waals surface area contributed by atoms with Gasteiger partial charge in [-0.15, -0.1) is 11.6 Å². The second-order valence-corrected chi connectivity index (χ2v) is 3.40. The zero-order chi connectivity index (χ0) is 9.84. The van der Waals surface area contributed by atoms with Crippen LogP contribution in [0.25, 0.3) is 0 Å². The van der Waals surface area contributed by atoms with Crippen LogP contribution in [0.1, 0.15) is 23.6 Å². The topological polar surface area (TPSA) is 9.23 Å². The van der Waals surface area contributed by atoms with Crippen LogP contribution in [0.4, 0.5) is 0 Å². The van der Waals surface area contributed by atoms with E-state index in [1.807, 2.05) is 13.8 Å². The minimum atomic E-state index is 0.512. The summed E-state index contributed by atoms with van der Waals surface area (Å²) in [6.45, 7) is 6.79. The molecule has 0 aromatic heterocycles. The van der Waals surface area contributed by atoms with E-state index in [0.717, 1.165) is 16.9 Å². The predicted octanol–water partition coefficient (Wildman–Crippen LogP) is 3.44. The molecule has 1 rings (SSSR count). The average molecular weight is 199 g/mol. The van der Waals surface area contributed by atoms with Gasteiger partial charge in [0.1, 0.15) is 5.75 Å². The highest BCUT2D eigenvalue weighted by Gasteiger charge is 2.06. The largest absolute Gasteiger partial charge is 0.493 e. The van der Waals surface area contributed by atoms with E-state index in [2.05, 4.69) is 19.1 Å². The second-order valence-electron chi connectivity index (χ2n) is 3.14. The van der Waals surface area contributed by atoms with Gasteiger partial charge in [-0.25, -0.2) is 0 Å². The fraction of sp³-hybridized carbons (Fsp3) is 0.455. The second kappa shape index (κ2) is 4.52. The molecule has 1 aromatic carbocycles. The highest BCUT2D eigenvalue weighted by atomic mass is 35.5. The van der Waals surface area contributed by atoms with E-state index in [1.54, 1.807) is 0 Å². The highest BCUT2D eigenvalue weighted by molar-refractivity contribution is 6.17. The monoisotopic (exact) mass is 198 g/mol. The van der Waals surface area contributed by atoms with Crippen molar-refractivity contribution in [3.63, 3.8) is 0 Å². The van der Waals surface area contributed by atoms with Gasteiger partial charge >= 0.3 is 0 Å². The van der Waals surface area contributed by atoms with E-state index >= 15 is 0 Å². The van der Waals surface area contributed by atoms with E-state index in [-0.39, 0.29) is 0 Å². The number of benzene rings is 1. The molecule has 0 amide bonds. The molecule has 0 radical (unpaired) electrons. The molecule has 2 heteroatoms. The van der Waals surface area contributed by atoms with E-state index in [0.29, 0.717) is 12.5 Å². The molecular formula is C11H15ClO. The summed E-state index contributed by atoms with van der Waals surface area (Å²) < 4.78 is 5.53. The lowest BCUT2D eigenvalue weighted by Crippen LogP contribution is -1.98. The third-order valence-corrected chi connectivity index (χ3v) is 2.22. The maximum atomic E-state index is 5.83. The number of rotatable bonds is 3. The van der Waals surface area contributed by atoms with Gasteiger partial charge in [0.15, 0.2) is 0 Å². The van der Waals surface area contributed by atoms with Gasteiger partial charge in [-0.05, 0) is 26.3 Å². The molecule has 0 fully saturated rings. The predicted molar refractivity (Wildman–Crippen MR) is 56.6 cm³/mol. The van der Waals surface area contributed by atoms with Gasteiger partial charge in [0.25, 0.3) is 0 Å². The normalized spacial score (nSPS) is 10.2. The van der Waals surface area contributed by atoms with Crippen LogP contribution in [0.5, 0.6) is 5.75 Å². The van der Waals surface area contributed by atoms with Crippen molar-refractivity contribution < 1.29 is 4.74 Å². The summed E-state index contributed by atoms with van der Waals surface area (Å²) in [6, 6.07) is 4.19. The summed E-state index contributed by atoms with van der Waals surface area (Å²) in [7, 11) is 0. The maximum Gasteiger partial charge on any atom is 0.126 e. The lowest BCUT2D eigenvalue weighted by atomic mass is 10.1. The zero-order valence-electron chi connectivity index (χ0n) is 8.36. The molecule has 0 bridgehead atoms. The molecule has 0 saturated carbocycles. The van der Waals surface area contributed by atoms with E-state index < -0.39 is 0 Å². The number of ether oxygens (including phenoxy) is 1. The van der Waals surface area contributed by atoms with Crippen molar-refractivity contribution in [1.82, 2.24) is 0 Å². The Morgan fingerprint density at radius 3 is 2.54 bits per heavy atom. The van der Waals surface area contributed by atoms with E-state index in [1.165, 1.54) is 5.56 Å². The van der Waals surface area contributed by atoms with Crippen molar-refractivity contribution in [3.05, 3.63) is 28.8 Å². The van der Waals surface area contributed by atoms with Crippen LogP contribution in [0, 0.1) is 13.8 Å². The number of alkyl halides is 1. The zero-order valence-corrected chi connectivity index (χ0v) is 9.11. The minimum Gasteiger partial charge on any atom is -0.493 e. The fourth-order valence-corrected chi connectivity index (χ4v) is 1.69. The summed E-state index contributed by atoms with van der Waals surface area (Å²) in [5.41, 5.74) is 3.48. The van der Waals surface area contributed by atoms with Crippen molar-refractivity contribution in [2.45, 2.75) is 26.7 Å². The first-order valence-electron chi connectivity index (χ1n) is 4.48. The van der Waals surface area contributed by atoms with Gasteiger partial charge < -0.3 is 4.74 Å². The Bertz CT molecular complexity index is 294. The summed E-state index contributed by atoms with van der Waals surface area (Å²) in [4.78, 5) is 0. The summed E-state index contributed by atoms with van der Waals surface area (Å²) in [6.07, 6.45) is 0. The molecule has 0 atom stereocenters. The molecule has 0 saturated heterocycles. The third-order valence-electron chi connectivity index (χ3n) is 1.93. The molecule has 0 aliphatic carbocycles. The number of halogens is 1. The Hall–Kier alpha value is -0.690. The van der Waals surface area contributed by atoms with Crippen molar-refractivity contribution in [3.8, 4) is 5.75 Å². The smallest absolute Gasteiger partial charge is 0.126 e. The Labute approximate surface area is 84.7 Å². The first-order valence-corrected chi connectivity index (χ1v) is 5.01. The van der Waals surface area contributed by atoms with Crippen LogP contribution in [0.2, 0.25) is 0 Å². The van der Waals surface area contributed by atoms with Crippen LogP contribution in [-0.4, -0.2) is 6.61 Å². The Balaban J connectivity index is 3.13. The van der Waals surface area contributed by atoms with Crippen LogP contribution in [0.3, 0.4) is 0 Å². The maximum absolute atomic E-state index is 5.83. The average Bonchev–Trinajstić information content (AvgIpc) is 2.09. The van der Waals surface area contributed by atoms with E-state index in [9.17, 15) is 0 Å². The van der Waals surface area contributed by atoms with Gasteiger partial charge in [-0.2, -0.15) is 0 Å². The summed E-state index contributed by atoms with van der Waals surface area (Å²) in [5, 5.41) is 0. The third kappa shape index (κ3) is 2.38. The highest BCUT2D eigenvalue weighted by Crippen LogP contribution is 2.26. The van der Waals surface area contributed by atoms with Crippen molar-refractivity contribution in [1.29, 1.82) is 0 Å². The van der Waals surface area contributed by atoms with Crippen LogP contribution in [0.15, 0.2) is 12.1 Å². The SMILES string of the molecule is CCOc1c(C)cc(C)cc1CCl. The molecule has 0 N–H and O–H groups in total. The quantitative estimate of drug-likeness (QED) is 0.677. The standard InChI is InChI=1S/C11H15ClO/c1-4-13-11-9(3)5-8(2)6-10(11)7-12/h5-6H,4,7H2,1-3H3. The molecular weight excluding hydrogens is 184 g/mol. The molecule has 0 unspecified atom stereocenters. The van der Waals surface area contributed by atoms with Crippen LogP contribution < -0.4 is 4.74 Å².